The molecule has 0 atom stereocenters. The zero-order chi connectivity index (χ0) is 17.2. The number of carbonyl (C=O) groups excluding carboxylic acids is 1. The molecule has 0 N–H and O–H groups in total. The highest BCUT2D eigenvalue weighted by atomic mass is 32.1. The fraction of sp³-hybridized carbons (Fsp3) is 0.0476. The van der Waals surface area contributed by atoms with E-state index in [2.05, 4.69) is 11.6 Å². The quantitative estimate of drug-likeness (QED) is 0.492. The van der Waals surface area contributed by atoms with E-state index in [0.717, 1.165) is 21.0 Å². The molecule has 4 aromatic rings. The van der Waals surface area contributed by atoms with Gasteiger partial charge in [0.2, 0.25) is 0 Å². The Hall–Kier alpha value is -2.98. The minimum atomic E-state index is -0.227. The Labute approximate surface area is 149 Å². The summed E-state index contributed by atoms with van der Waals surface area (Å²) < 4.78 is 3.13. The number of amides is 1. The number of fused-ring (bicyclic) bond motifs is 2. The van der Waals surface area contributed by atoms with Crippen molar-refractivity contribution in [1.82, 2.24) is 4.57 Å². The van der Waals surface area contributed by atoms with Crippen LogP contribution in [0.25, 0.3) is 21.0 Å². The molecule has 3 aromatic carbocycles. The van der Waals surface area contributed by atoms with Gasteiger partial charge in [0.1, 0.15) is 0 Å². The number of allylic oxidation sites excluding steroid dienone is 1. The maximum absolute atomic E-state index is 12.7. The highest BCUT2D eigenvalue weighted by molar-refractivity contribution is 7.16. The molecule has 0 spiro atoms. The van der Waals surface area contributed by atoms with Crippen LogP contribution in [0.4, 0.5) is 0 Å². The average Bonchev–Trinajstić information content (AvgIpc) is 2.99. The first kappa shape index (κ1) is 15.5. The van der Waals surface area contributed by atoms with Gasteiger partial charge in [0.05, 0.1) is 10.2 Å². The molecule has 0 bridgehead atoms. The molecule has 3 nitrogen and oxygen atoms in total. The van der Waals surface area contributed by atoms with Gasteiger partial charge in [0.15, 0.2) is 4.80 Å². The number of carbonyl (C=O) groups is 1. The Morgan fingerprint density at radius 3 is 2.64 bits per heavy atom. The third kappa shape index (κ3) is 2.92. The van der Waals surface area contributed by atoms with Crippen LogP contribution >= 0.6 is 11.3 Å². The Morgan fingerprint density at radius 1 is 1.04 bits per heavy atom. The Balaban J connectivity index is 1.83. The maximum atomic E-state index is 12.7. The first-order valence-corrected chi connectivity index (χ1v) is 8.85. The van der Waals surface area contributed by atoms with Crippen molar-refractivity contribution in [3.63, 3.8) is 0 Å². The predicted octanol–water partition coefficient (Wildman–Crippen LogP) is 4.78. The Bertz CT molecular complexity index is 1170. The molecule has 1 heterocycles. The van der Waals surface area contributed by atoms with Crippen LogP contribution in [0.5, 0.6) is 0 Å². The van der Waals surface area contributed by atoms with Crippen LogP contribution in [0.1, 0.15) is 10.4 Å². The topological polar surface area (TPSA) is 34.4 Å². The highest BCUT2D eigenvalue weighted by Crippen LogP contribution is 2.18. The summed E-state index contributed by atoms with van der Waals surface area (Å²) in [5.41, 5.74) is 1.67. The van der Waals surface area contributed by atoms with Gasteiger partial charge in [0.25, 0.3) is 5.91 Å². The molecule has 0 saturated heterocycles. The summed E-state index contributed by atoms with van der Waals surface area (Å²) in [5, 5.41) is 2.15. The predicted molar refractivity (Wildman–Crippen MR) is 104 cm³/mol. The summed E-state index contributed by atoms with van der Waals surface area (Å²) in [6.07, 6.45) is 1.82. The van der Waals surface area contributed by atoms with Crippen LogP contribution in [-0.4, -0.2) is 10.5 Å². The van der Waals surface area contributed by atoms with Gasteiger partial charge < -0.3 is 4.57 Å². The van der Waals surface area contributed by atoms with Gasteiger partial charge >= 0.3 is 0 Å². The van der Waals surface area contributed by atoms with E-state index in [1.165, 1.54) is 11.3 Å². The molecule has 0 saturated carbocycles. The number of rotatable bonds is 3. The highest BCUT2D eigenvalue weighted by Gasteiger charge is 2.09. The molecule has 1 amide bonds. The minimum Gasteiger partial charge on any atom is -0.312 e. The summed E-state index contributed by atoms with van der Waals surface area (Å²) in [6.45, 7) is 4.43. The zero-order valence-electron chi connectivity index (χ0n) is 13.6. The molecule has 122 valence electrons. The van der Waals surface area contributed by atoms with Crippen molar-refractivity contribution >= 4 is 38.2 Å². The molecule has 0 aliphatic heterocycles. The van der Waals surface area contributed by atoms with Crippen molar-refractivity contribution in [3.05, 3.63) is 89.7 Å². The lowest BCUT2D eigenvalue weighted by Crippen LogP contribution is -2.16. The molecule has 4 rings (SSSR count). The molecule has 25 heavy (non-hydrogen) atoms. The second-order valence-corrected chi connectivity index (χ2v) is 6.74. The number of nitrogens with zero attached hydrogens (tertiary/aromatic N) is 2. The van der Waals surface area contributed by atoms with E-state index in [9.17, 15) is 4.79 Å². The summed E-state index contributed by atoms with van der Waals surface area (Å²) in [6, 6.07) is 21.7. The Morgan fingerprint density at radius 2 is 1.80 bits per heavy atom. The van der Waals surface area contributed by atoms with E-state index < -0.39 is 0 Å². The van der Waals surface area contributed by atoms with Crippen LogP contribution in [-0.2, 0) is 6.54 Å². The van der Waals surface area contributed by atoms with E-state index >= 15 is 0 Å². The lowest BCUT2D eigenvalue weighted by Gasteiger charge is -2.01. The number of aromatic nitrogens is 1. The van der Waals surface area contributed by atoms with Gasteiger partial charge in [0, 0.05) is 12.1 Å². The summed E-state index contributed by atoms with van der Waals surface area (Å²) in [5.74, 6) is -0.227. The van der Waals surface area contributed by atoms with Gasteiger partial charge in [-0.15, -0.1) is 6.58 Å². The monoisotopic (exact) mass is 344 g/mol. The molecule has 0 aliphatic rings. The zero-order valence-corrected chi connectivity index (χ0v) is 14.4. The SMILES string of the molecule is C=CCn1c(=NC(=O)c2ccc3ccccc3c2)sc2ccccc21. The molecular formula is C21H16N2OS. The van der Waals surface area contributed by atoms with Crippen molar-refractivity contribution in [2.45, 2.75) is 6.54 Å². The summed E-state index contributed by atoms with van der Waals surface area (Å²) in [4.78, 5) is 17.8. The van der Waals surface area contributed by atoms with E-state index in [1.54, 1.807) is 0 Å². The average molecular weight is 344 g/mol. The second kappa shape index (κ2) is 6.49. The van der Waals surface area contributed by atoms with Crippen LogP contribution < -0.4 is 4.80 Å². The number of thiazole rings is 1. The summed E-state index contributed by atoms with van der Waals surface area (Å²) in [7, 11) is 0. The van der Waals surface area contributed by atoms with E-state index in [0.29, 0.717) is 16.9 Å². The normalized spacial score (nSPS) is 11.9. The van der Waals surface area contributed by atoms with Gasteiger partial charge in [-0.05, 0) is 35.0 Å². The number of benzene rings is 3. The van der Waals surface area contributed by atoms with E-state index in [4.69, 9.17) is 0 Å². The summed E-state index contributed by atoms with van der Waals surface area (Å²) >= 11 is 1.52. The molecule has 0 fully saturated rings. The lowest BCUT2D eigenvalue weighted by molar-refractivity contribution is 0.0998. The molecule has 0 aliphatic carbocycles. The van der Waals surface area contributed by atoms with Crippen molar-refractivity contribution in [1.29, 1.82) is 0 Å². The third-order valence-corrected chi connectivity index (χ3v) is 5.15. The van der Waals surface area contributed by atoms with Gasteiger partial charge in [-0.1, -0.05) is 59.9 Å². The number of hydrogen-bond donors (Lipinski definition) is 0. The lowest BCUT2D eigenvalue weighted by atomic mass is 10.1. The molecule has 0 unspecified atom stereocenters. The van der Waals surface area contributed by atoms with E-state index in [1.807, 2.05) is 77.4 Å². The number of para-hydroxylation sites is 1. The molecule has 0 radical (unpaired) electrons. The van der Waals surface area contributed by atoms with Gasteiger partial charge in [-0.2, -0.15) is 4.99 Å². The maximum Gasteiger partial charge on any atom is 0.279 e. The second-order valence-electron chi connectivity index (χ2n) is 5.73. The van der Waals surface area contributed by atoms with Crippen molar-refractivity contribution in [2.75, 3.05) is 0 Å². The number of hydrogen-bond acceptors (Lipinski definition) is 2. The first-order chi connectivity index (χ1) is 12.3. The fourth-order valence-corrected chi connectivity index (χ4v) is 3.92. The Kier molecular flexibility index (Phi) is 4.04. The van der Waals surface area contributed by atoms with Crippen LogP contribution in [0.3, 0.4) is 0 Å². The van der Waals surface area contributed by atoms with Gasteiger partial charge in [-0.3, -0.25) is 4.79 Å². The minimum absolute atomic E-state index is 0.227. The van der Waals surface area contributed by atoms with Crippen LogP contribution in [0.15, 0.2) is 84.4 Å². The molecule has 1 aromatic heterocycles. The van der Waals surface area contributed by atoms with Crippen LogP contribution in [0.2, 0.25) is 0 Å². The largest absolute Gasteiger partial charge is 0.312 e. The standard InChI is InChI=1S/C21H16N2OS/c1-2-13-23-18-9-5-6-10-19(18)25-21(23)22-20(24)17-12-11-15-7-3-4-8-16(15)14-17/h2-12,14H,1,13H2. The van der Waals surface area contributed by atoms with Crippen molar-refractivity contribution in [3.8, 4) is 0 Å². The van der Waals surface area contributed by atoms with Gasteiger partial charge in [-0.25, -0.2) is 0 Å². The smallest absolute Gasteiger partial charge is 0.279 e. The van der Waals surface area contributed by atoms with Crippen molar-refractivity contribution < 1.29 is 4.79 Å². The fourth-order valence-electron chi connectivity index (χ4n) is 2.89. The first-order valence-electron chi connectivity index (χ1n) is 8.03. The van der Waals surface area contributed by atoms with Crippen molar-refractivity contribution in [2.24, 2.45) is 4.99 Å². The third-order valence-electron chi connectivity index (χ3n) is 4.09. The van der Waals surface area contributed by atoms with E-state index in [-0.39, 0.29) is 5.91 Å². The molecular weight excluding hydrogens is 328 g/mol. The molecule has 4 heteroatoms. The van der Waals surface area contributed by atoms with Crippen LogP contribution in [0, 0.1) is 0 Å².